The largest absolute Gasteiger partial charge is 0.452 e. The smallest absolute Gasteiger partial charge is 0.183 e. The normalized spacial score (nSPS) is 12.2. The minimum Gasteiger partial charge on any atom is -0.452 e. The molecule has 0 amide bonds. The zero-order chi connectivity index (χ0) is 37.2. The highest BCUT2D eigenvalue weighted by Crippen LogP contribution is 2.45. The van der Waals surface area contributed by atoms with Gasteiger partial charge in [-0.2, -0.15) is 0 Å². The van der Waals surface area contributed by atoms with Gasteiger partial charge in [-0.15, -0.1) is 0 Å². The molecule has 0 aliphatic carbocycles. The Labute approximate surface area is 325 Å². The summed E-state index contributed by atoms with van der Waals surface area (Å²) < 4.78 is 16.2. The molecular weight excluding hydrogens is 699 g/mol. The molecule has 0 spiro atoms. The van der Waals surface area contributed by atoms with Crippen molar-refractivity contribution in [2.24, 2.45) is 0 Å². The van der Waals surface area contributed by atoms with Gasteiger partial charge in [0, 0.05) is 66.3 Å². The second-order valence-electron chi connectivity index (χ2n) is 14.8. The SMILES string of the molecule is c1ccc(-n2c3ccccc3c3c4ccccc4n(-c4ccc5c(c4)c4c6ccccc6n(-c6nccc7c6oc6ccccc67)c4n5-c4ccccc4)c32)cc1. The van der Waals surface area contributed by atoms with Gasteiger partial charge in [-0.1, -0.05) is 109 Å². The highest BCUT2D eigenvalue weighted by atomic mass is 16.3. The van der Waals surface area contributed by atoms with Crippen molar-refractivity contribution in [3.8, 4) is 22.9 Å². The van der Waals surface area contributed by atoms with Crippen LogP contribution in [0, 0.1) is 0 Å². The molecule has 6 heteroatoms. The third kappa shape index (κ3) is 4.05. The fourth-order valence-corrected chi connectivity index (χ4v) is 9.52. The standard InChI is InChI=1S/C51H31N5O/c1-3-15-32(16-4-1)53-41-23-11-7-20-37(41)46-38-21-8-12-24-42(38)55(50(46)53)34-27-28-44-40(31-34)47-39-22-9-13-25-43(39)56(51(47)54(44)33-17-5-2-6-18-33)49-48-36(29-30-52-49)35-19-10-14-26-45(35)57-48/h1-31H. The summed E-state index contributed by atoms with van der Waals surface area (Å²) >= 11 is 0. The first kappa shape index (κ1) is 30.5. The first-order chi connectivity index (χ1) is 28.3. The van der Waals surface area contributed by atoms with Gasteiger partial charge >= 0.3 is 0 Å². The number of para-hydroxylation sites is 6. The van der Waals surface area contributed by atoms with Gasteiger partial charge in [0.15, 0.2) is 11.4 Å². The van der Waals surface area contributed by atoms with Gasteiger partial charge in [0.1, 0.15) is 16.9 Å². The first-order valence-electron chi connectivity index (χ1n) is 19.3. The van der Waals surface area contributed by atoms with Crippen molar-refractivity contribution in [1.82, 2.24) is 23.3 Å². The van der Waals surface area contributed by atoms with Crippen molar-refractivity contribution >= 4 is 87.6 Å². The molecule has 13 rings (SSSR count). The van der Waals surface area contributed by atoms with Gasteiger partial charge in [0.05, 0.1) is 22.1 Å². The molecule has 13 aromatic rings. The van der Waals surface area contributed by atoms with Gasteiger partial charge in [-0.05, 0) is 72.8 Å². The molecular formula is C51H31N5O. The number of benzene rings is 7. The van der Waals surface area contributed by atoms with E-state index in [9.17, 15) is 0 Å². The van der Waals surface area contributed by atoms with E-state index in [2.05, 4.69) is 188 Å². The molecule has 266 valence electrons. The number of pyridine rings is 1. The molecule has 6 heterocycles. The van der Waals surface area contributed by atoms with Crippen molar-refractivity contribution in [1.29, 1.82) is 0 Å². The molecule has 57 heavy (non-hydrogen) atoms. The number of nitrogens with zero attached hydrogens (tertiary/aromatic N) is 5. The van der Waals surface area contributed by atoms with Gasteiger partial charge in [0.25, 0.3) is 0 Å². The third-order valence-corrected chi connectivity index (χ3v) is 11.8. The third-order valence-electron chi connectivity index (χ3n) is 11.8. The van der Waals surface area contributed by atoms with Gasteiger partial charge < -0.3 is 4.42 Å². The van der Waals surface area contributed by atoms with Gasteiger partial charge in [0.2, 0.25) is 0 Å². The first-order valence-corrected chi connectivity index (χ1v) is 19.3. The summed E-state index contributed by atoms with van der Waals surface area (Å²) in [5.74, 6) is 0.764. The van der Waals surface area contributed by atoms with Crippen molar-refractivity contribution in [3.63, 3.8) is 0 Å². The Balaban J connectivity index is 1.20. The average Bonchev–Trinajstić information content (AvgIpc) is 4.06. The van der Waals surface area contributed by atoms with Crippen LogP contribution in [0.15, 0.2) is 193 Å². The van der Waals surface area contributed by atoms with Crippen LogP contribution in [-0.4, -0.2) is 23.3 Å². The quantitative estimate of drug-likeness (QED) is 0.181. The van der Waals surface area contributed by atoms with Crippen LogP contribution in [0.4, 0.5) is 0 Å². The average molecular weight is 730 g/mol. The lowest BCUT2D eigenvalue weighted by Gasteiger charge is -2.14. The zero-order valence-electron chi connectivity index (χ0n) is 30.5. The van der Waals surface area contributed by atoms with Crippen molar-refractivity contribution in [3.05, 3.63) is 188 Å². The second kappa shape index (κ2) is 11.4. The molecule has 0 fully saturated rings. The van der Waals surface area contributed by atoms with Crippen molar-refractivity contribution in [2.45, 2.75) is 0 Å². The van der Waals surface area contributed by atoms with E-state index in [4.69, 9.17) is 9.40 Å². The topological polar surface area (TPSA) is 45.8 Å². The Morgan fingerprint density at radius 3 is 1.46 bits per heavy atom. The summed E-state index contributed by atoms with van der Waals surface area (Å²) in [4.78, 5) is 5.08. The number of hydrogen-bond donors (Lipinski definition) is 0. The molecule has 0 aliphatic rings. The molecule has 6 aromatic heterocycles. The van der Waals surface area contributed by atoms with Crippen LogP contribution in [0.25, 0.3) is 110 Å². The predicted molar refractivity (Wildman–Crippen MR) is 234 cm³/mol. The van der Waals surface area contributed by atoms with Crippen LogP contribution in [0.3, 0.4) is 0 Å². The van der Waals surface area contributed by atoms with Crippen molar-refractivity contribution < 1.29 is 4.42 Å². The van der Waals surface area contributed by atoms with Crippen molar-refractivity contribution in [2.75, 3.05) is 0 Å². The van der Waals surface area contributed by atoms with E-state index in [-0.39, 0.29) is 0 Å². The fraction of sp³-hybridized carbons (Fsp3) is 0. The molecule has 0 radical (unpaired) electrons. The van der Waals surface area contributed by atoms with E-state index in [1.807, 2.05) is 18.3 Å². The molecule has 0 unspecified atom stereocenters. The molecule has 0 saturated heterocycles. The Bertz CT molecular complexity index is 3750. The maximum absolute atomic E-state index is 6.65. The van der Waals surface area contributed by atoms with E-state index in [1.165, 1.54) is 27.2 Å². The maximum atomic E-state index is 6.65. The number of aromatic nitrogens is 5. The molecule has 0 N–H and O–H groups in total. The van der Waals surface area contributed by atoms with Crippen LogP contribution in [0.1, 0.15) is 0 Å². The summed E-state index contributed by atoms with van der Waals surface area (Å²) in [6.45, 7) is 0. The Morgan fingerprint density at radius 1 is 0.351 bits per heavy atom. The lowest BCUT2D eigenvalue weighted by Crippen LogP contribution is -2.03. The highest BCUT2D eigenvalue weighted by Gasteiger charge is 2.27. The van der Waals surface area contributed by atoms with E-state index in [0.29, 0.717) is 0 Å². The van der Waals surface area contributed by atoms with Crippen LogP contribution in [-0.2, 0) is 0 Å². The summed E-state index contributed by atoms with van der Waals surface area (Å²) in [5.41, 5.74) is 11.6. The lowest BCUT2D eigenvalue weighted by atomic mass is 10.1. The number of fused-ring (bicyclic) bond motifs is 13. The molecule has 0 aliphatic heterocycles. The second-order valence-corrected chi connectivity index (χ2v) is 14.8. The Hall–Kier alpha value is -7.83. The summed E-state index contributed by atoms with van der Waals surface area (Å²) in [6.07, 6.45) is 1.90. The minimum atomic E-state index is 0.764. The van der Waals surface area contributed by atoms with Crippen LogP contribution >= 0.6 is 0 Å². The molecule has 6 nitrogen and oxygen atoms in total. The van der Waals surface area contributed by atoms with E-state index < -0.39 is 0 Å². The van der Waals surface area contributed by atoms with E-state index in [0.717, 1.165) is 83.3 Å². The summed E-state index contributed by atoms with van der Waals surface area (Å²) in [7, 11) is 0. The number of hydrogen-bond acceptors (Lipinski definition) is 2. The van der Waals surface area contributed by atoms with E-state index >= 15 is 0 Å². The Kier molecular flexibility index (Phi) is 6.07. The van der Waals surface area contributed by atoms with Crippen LogP contribution in [0.2, 0.25) is 0 Å². The van der Waals surface area contributed by atoms with Gasteiger partial charge in [-0.3, -0.25) is 18.3 Å². The highest BCUT2D eigenvalue weighted by molar-refractivity contribution is 6.25. The van der Waals surface area contributed by atoms with Crippen LogP contribution < -0.4 is 0 Å². The fourth-order valence-electron chi connectivity index (χ4n) is 9.52. The molecule has 7 aromatic carbocycles. The summed E-state index contributed by atoms with van der Waals surface area (Å²) in [5, 5.41) is 9.31. The zero-order valence-corrected chi connectivity index (χ0v) is 30.5. The summed E-state index contributed by atoms with van der Waals surface area (Å²) in [6, 6.07) is 64.9. The molecule has 0 bridgehead atoms. The molecule has 0 atom stereocenters. The molecule has 0 saturated carbocycles. The minimum absolute atomic E-state index is 0.764. The lowest BCUT2D eigenvalue weighted by molar-refractivity contribution is 0.663. The predicted octanol–water partition coefficient (Wildman–Crippen LogP) is 13.1. The monoisotopic (exact) mass is 729 g/mol. The van der Waals surface area contributed by atoms with Crippen LogP contribution in [0.5, 0.6) is 0 Å². The van der Waals surface area contributed by atoms with Gasteiger partial charge in [-0.25, -0.2) is 4.98 Å². The Morgan fingerprint density at radius 2 is 0.825 bits per heavy atom. The number of furan rings is 1. The van der Waals surface area contributed by atoms with E-state index in [1.54, 1.807) is 0 Å². The maximum Gasteiger partial charge on any atom is 0.183 e. The number of rotatable bonds is 4.